The molecule has 1 aromatic carbocycles. The van der Waals surface area contributed by atoms with Crippen molar-refractivity contribution >= 4 is 28.7 Å². The molecule has 1 atom stereocenters. The van der Waals surface area contributed by atoms with Crippen molar-refractivity contribution in [3.8, 4) is 0 Å². The predicted octanol–water partition coefficient (Wildman–Crippen LogP) is 2.70. The average Bonchev–Trinajstić information content (AvgIpc) is 3.18. The highest BCUT2D eigenvalue weighted by molar-refractivity contribution is 5.92. The highest BCUT2D eigenvalue weighted by atomic mass is 16.5. The van der Waals surface area contributed by atoms with E-state index in [1.165, 1.54) is 26.4 Å². The number of aromatic amines is 1. The number of amides is 2. The van der Waals surface area contributed by atoms with Crippen molar-refractivity contribution in [1.82, 2.24) is 15.6 Å². The molecule has 1 aromatic heterocycles. The van der Waals surface area contributed by atoms with E-state index < -0.39 is 12.0 Å². The molecular weight excluding hydrogens is 406 g/mol. The van der Waals surface area contributed by atoms with Gasteiger partial charge in [-0.25, -0.2) is 0 Å². The van der Waals surface area contributed by atoms with Crippen molar-refractivity contribution in [1.29, 1.82) is 0 Å². The first kappa shape index (κ1) is 21.0. The molecule has 0 spiro atoms. The zero-order valence-electron chi connectivity index (χ0n) is 18.5. The molecule has 1 heterocycles. The molecule has 2 amide bonds. The summed E-state index contributed by atoms with van der Waals surface area (Å²) in [5.41, 5.74) is 1.61. The number of hydrogen-bond donors (Lipinski definition) is 3. The van der Waals surface area contributed by atoms with Crippen LogP contribution in [0.5, 0.6) is 0 Å². The second kappa shape index (κ2) is 8.26. The number of hydrogen-bond acceptors (Lipinski definition) is 4. The quantitative estimate of drug-likeness (QED) is 0.580. The van der Waals surface area contributed by atoms with Gasteiger partial charge in [-0.1, -0.05) is 18.2 Å². The van der Waals surface area contributed by atoms with Crippen molar-refractivity contribution < 1.29 is 19.1 Å². The molecule has 170 valence electrons. The fourth-order valence-electron chi connectivity index (χ4n) is 6.78. The van der Waals surface area contributed by atoms with E-state index in [2.05, 4.69) is 20.4 Å². The van der Waals surface area contributed by atoms with Gasteiger partial charge < -0.3 is 20.4 Å². The molecule has 2 aromatic rings. The van der Waals surface area contributed by atoms with Gasteiger partial charge >= 0.3 is 5.97 Å². The number of para-hydroxylation sites is 1. The Morgan fingerprint density at radius 1 is 1.09 bits per heavy atom. The van der Waals surface area contributed by atoms with E-state index in [4.69, 9.17) is 0 Å². The predicted molar refractivity (Wildman–Crippen MR) is 120 cm³/mol. The number of methoxy groups -OCH3 is 1. The van der Waals surface area contributed by atoms with Gasteiger partial charge in [-0.15, -0.1) is 0 Å². The maximum absolute atomic E-state index is 13.6. The van der Waals surface area contributed by atoms with E-state index in [-0.39, 0.29) is 23.8 Å². The van der Waals surface area contributed by atoms with Crippen LogP contribution in [-0.2, 0) is 25.5 Å². The van der Waals surface area contributed by atoms with Crippen LogP contribution in [0, 0.1) is 23.2 Å². The Bertz CT molecular complexity index is 1010. The van der Waals surface area contributed by atoms with Gasteiger partial charge in [-0.05, 0) is 67.9 Å². The summed E-state index contributed by atoms with van der Waals surface area (Å²) in [6.07, 6.45) is 8.83. The first-order chi connectivity index (χ1) is 15.5. The number of H-pyrrole nitrogens is 1. The lowest BCUT2D eigenvalue weighted by Gasteiger charge is -2.55. The second-order valence-corrected chi connectivity index (χ2v) is 10.1. The van der Waals surface area contributed by atoms with Crippen LogP contribution in [0.15, 0.2) is 30.5 Å². The third-order valence-corrected chi connectivity index (χ3v) is 7.88. The Morgan fingerprint density at radius 2 is 1.75 bits per heavy atom. The van der Waals surface area contributed by atoms with Crippen molar-refractivity contribution in [2.24, 2.45) is 23.2 Å². The van der Waals surface area contributed by atoms with Gasteiger partial charge in [0.05, 0.1) is 7.11 Å². The standard InChI is InChI=1S/C25H31N3O4/c1-32-22(29)14-27-23(30)21(9-18-13-26-20-5-3-2-4-19(18)20)28-24(31)25-10-15-6-16(11-25)8-17(7-15)12-25/h2-5,13,15-17,21,26H,6-12,14H2,1H3,(H,27,30)(H,28,31)/t15?,16?,17?,21-,25?/m1/s1. The minimum atomic E-state index is -0.751. The number of fused-ring (bicyclic) bond motifs is 1. The van der Waals surface area contributed by atoms with Crippen LogP contribution < -0.4 is 10.6 Å². The van der Waals surface area contributed by atoms with E-state index in [1.54, 1.807) is 0 Å². The molecule has 4 saturated carbocycles. The number of benzene rings is 1. The summed E-state index contributed by atoms with van der Waals surface area (Å²) >= 11 is 0. The van der Waals surface area contributed by atoms with Crippen molar-refractivity contribution in [2.45, 2.75) is 51.0 Å². The fourth-order valence-corrected chi connectivity index (χ4v) is 6.78. The van der Waals surface area contributed by atoms with Gasteiger partial charge in [0.15, 0.2) is 0 Å². The number of rotatable bonds is 7. The Kier molecular flexibility index (Phi) is 5.43. The number of ether oxygens (including phenoxy) is 1. The molecule has 4 bridgehead atoms. The van der Waals surface area contributed by atoms with Crippen molar-refractivity contribution in [3.05, 3.63) is 36.0 Å². The highest BCUT2D eigenvalue weighted by Gasteiger charge is 2.55. The summed E-state index contributed by atoms with van der Waals surface area (Å²) in [6.45, 7) is -0.215. The zero-order valence-corrected chi connectivity index (χ0v) is 18.5. The summed E-state index contributed by atoms with van der Waals surface area (Å²) in [5.74, 6) is 1.07. The molecule has 6 rings (SSSR count). The monoisotopic (exact) mass is 437 g/mol. The summed E-state index contributed by atoms with van der Waals surface area (Å²) in [5, 5.41) is 6.77. The molecule has 0 aliphatic heterocycles. The molecule has 0 radical (unpaired) electrons. The van der Waals surface area contributed by atoms with Crippen LogP contribution >= 0.6 is 0 Å². The van der Waals surface area contributed by atoms with Crippen LogP contribution in [0.4, 0.5) is 0 Å². The van der Waals surface area contributed by atoms with Gasteiger partial charge in [-0.3, -0.25) is 14.4 Å². The Balaban J connectivity index is 1.36. The van der Waals surface area contributed by atoms with Gasteiger partial charge in [0, 0.05) is 28.9 Å². The Labute approximate surface area is 187 Å². The molecule has 4 aliphatic rings. The number of aromatic nitrogens is 1. The van der Waals surface area contributed by atoms with Crippen LogP contribution in [0.1, 0.15) is 44.1 Å². The summed E-state index contributed by atoms with van der Waals surface area (Å²) in [4.78, 5) is 41.4. The van der Waals surface area contributed by atoms with Gasteiger partial charge in [0.2, 0.25) is 11.8 Å². The normalized spacial score (nSPS) is 29.0. The van der Waals surface area contributed by atoms with E-state index >= 15 is 0 Å². The topological polar surface area (TPSA) is 100 Å². The average molecular weight is 438 g/mol. The maximum Gasteiger partial charge on any atom is 0.325 e. The number of nitrogens with one attached hydrogen (secondary N) is 3. The van der Waals surface area contributed by atoms with E-state index in [0.717, 1.165) is 35.7 Å². The van der Waals surface area contributed by atoms with Crippen molar-refractivity contribution in [3.63, 3.8) is 0 Å². The number of carbonyl (C=O) groups is 3. The molecule has 0 unspecified atom stereocenters. The molecule has 4 fully saturated rings. The van der Waals surface area contributed by atoms with Gasteiger partial charge in [0.1, 0.15) is 12.6 Å². The number of esters is 1. The summed E-state index contributed by atoms with van der Waals surface area (Å²) < 4.78 is 4.64. The third-order valence-electron chi connectivity index (χ3n) is 7.88. The first-order valence-corrected chi connectivity index (χ1v) is 11.7. The lowest BCUT2D eigenvalue weighted by molar-refractivity contribution is -0.148. The molecule has 4 aliphatic carbocycles. The second-order valence-electron chi connectivity index (χ2n) is 10.1. The molecule has 3 N–H and O–H groups in total. The minimum Gasteiger partial charge on any atom is -0.468 e. The summed E-state index contributed by atoms with van der Waals surface area (Å²) in [7, 11) is 1.28. The van der Waals surface area contributed by atoms with Crippen LogP contribution in [0.2, 0.25) is 0 Å². The van der Waals surface area contributed by atoms with E-state index in [9.17, 15) is 14.4 Å². The first-order valence-electron chi connectivity index (χ1n) is 11.7. The zero-order chi connectivity index (χ0) is 22.3. The minimum absolute atomic E-state index is 0.00894. The lowest BCUT2D eigenvalue weighted by atomic mass is 9.49. The molecule has 0 saturated heterocycles. The largest absolute Gasteiger partial charge is 0.468 e. The third kappa shape index (κ3) is 3.89. The van der Waals surface area contributed by atoms with E-state index in [0.29, 0.717) is 24.2 Å². The smallest absolute Gasteiger partial charge is 0.325 e. The van der Waals surface area contributed by atoms with Crippen LogP contribution in [-0.4, -0.2) is 42.5 Å². The number of carbonyl (C=O) groups excluding carboxylic acids is 3. The lowest BCUT2D eigenvalue weighted by Crippen LogP contribution is -2.58. The molecular formula is C25H31N3O4. The highest BCUT2D eigenvalue weighted by Crippen LogP contribution is 2.60. The molecule has 7 nitrogen and oxygen atoms in total. The van der Waals surface area contributed by atoms with E-state index in [1.807, 2.05) is 30.5 Å². The van der Waals surface area contributed by atoms with Gasteiger partial charge in [0.25, 0.3) is 0 Å². The van der Waals surface area contributed by atoms with Gasteiger partial charge in [-0.2, -0.15) is 0 Å². The molecule has 32 heavy (non-hydrogen) atoms. The fraction of sp³-hybridized carbons (Fsp3) is 0.560. The maximum atomic E-state index is 13.6. The Morgan fingerprint density at radius 3 is 2.41 bits per heavy atom. The van der Waals surface area contributed by atoms with Crippen LogP contribution in [0.3, 0.4) is 0 Å². The SMILES string of the molecule is COC(=O)CNC(=O)[C@@H](Cc1c[nH]c2ccccc12)NC(=O)C12CC3CC(CC(C3)C1)C2. The molecule has 7 heteroatoms. The van der Waals surface area contributed by atoms with Crippen molar-refractivity contribution in [2.75, 3.05) is 13.7 Å². The Hall–Kier alpha value is -2.83. The van der Waals surface area contributed by atoms with Crippen LogP contribution in [0.25, 0.3) is 10.9 Å². The summed E-state index contributed by atoms with van der Waals surface area (Å²) in [6, 6.07) is 7.15.